The van der Waals surface area contributed by atoms with E-state index >= 15 is 0 Å². The van der Waals surface area contributed by atoms with Gasteiger partial charge in [-0.15, -0.1) is 0 Å². The molecule has 0 aromatic carbocycles. The SMILES string of the molecule is COCCn1nc(C)c(CNC(=O)N2C[C@H]3CC=CC[C@H]3C2)c1C. The second-order valence-electron chi connectivity index (χ2n) is 6.89. The van der Waals surface area contributed by atoms with Crippen LogP contribution in [0.5, 0.6) is 0 Å². The van der Waals surface area contributed by atoms with Gasteiger partial charge in [0.05, 0.1) is 18.8 Å². The molecular formula is C18H28N4O2. The molecule has 0 unspecified atom stereocenters. The maximum atomic E-state index is 12.5. The van der Waals surface area contributed by atoms with Gasteiger partial charge in [-0.25, -0.2) is 4.79 Å². The molecule has 1 aromatic heterocycles. The number of hydrogen-bond acceptors (Lipinski definition) is 3. The van der Waals surface area contributed by atoms with Gasteiger partial charge in [0.2, 0.25) is 0 Å². The van der Waals surface area contributed by atoms with E-state index in [1.54, 1.807) is 7.11 Å². The molecule has 1 N–H and O–H groups in total. The predicted octanol–water partition coefficient (Wildman–Crippen LogP) is 2.25. The van der Waals surface area contributed by atoms with Crippen LogP contribution in [0, 0.1) is 25.7 Å². The zero-order chi connectivity index (χ0) is 17.1. The van der Waals surface area contributed by atoms with Crippen LogP contribution in [0.25, 0.3) is 0 Å². The van der Waals surface area contributed by atoms with Crippen LogP contribution in [-0.4, -0.2) is 47.5 Å². The maximum absolute atomic E-state index is 12.5. The van der Waals surface area contributed by atoms with Crippen LogP contribution in [0.3, 0.4) is 0 Å². The molecule has 1 aliphatic heterocycles. The Morgan fingerprint density at radius 3 is 2.58 bits per heavy atom. The van der Waals surface area contributed by atoms with Crippen molar-refractivity contribution in [2.45, 2.75) is 39.8 Å². The van der Waals surface area contributed by atoms with Crippen molar-refractivity contribution in [1.82, 2.24) is 20.0 Å². The number of nitrogens with zero attached hydrogens (tertiary/aromatic N) is 3. The Kier molecular flexibility index (Phi) is 5.23. The van der Waals surface area contributed by atoms with Gasteiger partial charge >= 0.3 is 6.03 Å². The van der Waals surface area contributed by atoms with Gasteiger partial charge < -0.3 is 15.0 Å². The Labute approximate surface area is 143 Å². The number of likely N-dealkylation sites (tertiary alicyclic amines) is 1. The van der Waals surface area contributed by atoms with Crippen molar-refractivity contribution in [3.05, 3.63) is 29.1 Å². The summed E-state index contributed by atoms with van der Waals surface area (Å²) in [6.07, 6.45) is 6.73. The quantitative estimate of drug-likeness (QED) is 0.842. The van der Waals surface area contributed by atoms with Crippen LogP contribution in [0.15, 0.2) is 12.2 Å². The van der Waals surface area contributed by atoms with Crippen LogP contribution in [-0.2, 0) is 17.8 Å². The highest BCUT2D eigenvalue weighted by Gasteiger charge is 2.35. The number of nitrogens with one attached hydrogen (secondary N) is 1. The van der Waals surface area contributed by atoms with Gasteiger partial charge in [0.15, 0.2) is 0 Å². The normalized spacial score (nSPS) is 22.7. The lowest BCUT2D eigenvalue weighted by Gasteiger charge is -2.17. The second-order valence-corrected chi connectivity index (χ2v) is 6.89. The van der Waals surface area contributed by atoms with Gasteiger partial charge in [0, 0.05) is 38.0 Å². The van der Waals surface area contributed by atoms with E-state index in [9.17, 15) is 4.79 Å². The molecule has 1 aromatic rings. The fourth-order valence-corrected chi connectivity index (χ4v) is 3.84. The second kappa shape index (κ2) is 7.38. The van der Waals surface area contributed by atoms with Crippen molar-refractivity contribution in [2.24, 2.45) is 11.8 Å². The minimum atomic E-state index is 0.0489. The zero-order valence-electron chi connectivity index (χ0n) is 14.9. The standard InChI is InChI=1S/C18H28N4O2/c1-13-17(14(2)22(20-13)8-9-24-3)10-19-18(23)21-11-15-6-4-5-7-16(15)12-21/h4-5,15-16H,6-12H2,1-3H3,(H,19,23)/t15-,16+. The average Bonchev–Trinajstić information content (AvgIpc) is 3.12. The largest absolute Gasteiger partial charge is 0.383 e. The van der Waals surface area contributed by atoms with Crippen molar-refractivity contribution in [3.8, 4) is 0 Å². The Balaban J connectivity index is 1.56. The lowest BCUT2D eigenvalue weighted by molar-refractivity contribution is 0.182. The Morgan fingerprint density at radius 2 is 1.96 bits per heavy atom. The van der Waals surface area contributed by atoms with E-state index in [0.29, 0.717) is 25.0 Å². The van der Waals surface area contributed by atoms with Crippen molar-refractivity contribution in [2.75, 3.05) is 26.8 Å². The lowest BCUT2D eigenvalue weighted by Crippen LogP contribution is -2.38. The third kappa shape index (κ3) is 3.48. The highest BCUT2D eigenvalue weighted by Crippen LogP contribution is 2.32. The molecule has 0 bridgehead atoms. The van der Waals surface area contributed by atoms with Crippen LogP contribution in [0.4, 0.5) is 4.79 Å². The Bertz CT molecular complexity index is 607. The molecule has 1 fully saturated rings. The summed E-state index contributed by atoms with van der Waals surface area (Å²) in [7, 11) is 1.69. The third-order valence-corrected chi connectivity index (χ3v) is 5.36. The first-order valence-corrected chi connectivity index (χ1v) is 8.79. The van der Waals surface area contributed by atoms with E-state index < -0.39 is 0 Å². The summed E-state index contributed by atoms with van der Waals surface area (Å²) in [6.45, 7) is 7.71. The number of urea groups is 1. The molecule has 2 amide bonds. The molecule has 2 heterocycles. The molecule has 3 rings (SSSR count). The minimum Gasteiger partial charge on any atom is -0.383 e. The van der Waals surface area contributed by atoms with Gasteiger partial charge in [0.1, 0.15) is 0 Å². The molecule has 0 spiro atoms. The minimum absolute atomic E-state index is 0.0489. The highest BCUT2D eigenvalue weighted by molar-refractivity contribution is 5.74. The molecule has 6 nitrogen and oxygen atoms in total. The van der Waals surface area contributed by atoms with Crippen molar-refractivity contribution < 1.29 is 9.53 Å². The first-order chi connectivity index (χ1) is 11.6. The van der Waals surface area contributed by atoms with Gasteiger partial charge in [-0.05, 0) is 38.5 Å². The molecule has 1 aliphatic carbocycles. The summed E-state index contributed by atoms with van der Waals surface area (Å²) in [5, 5.41) is 7.63. The van der Waals surface area contributed by atoms with Crippen molar-refractivity contribution in [3.63, 3.8) is 0 Å². The van der Waals surface area contributed by atoms with Crippen LogP contribution < -0.4 is 5.32 Å². The number of aromatic nitrogens is 2. The fraction of sp³-hybridized carbons (Fsp3) is 0.667. The van der Waals surface area contributed by atoms with E-state index in [1.165, 1.54) is 0 Å². The summed E-state index contributed by atoms with van der Waals surface area (Å²) in [5.41, 5.74) is 3.19. The number of rotatable bonds is 5. The van der Waals surface area contributed by atoms with Crippen molar-refractivity contribution in [1.29, 1.82) is 0 Å². The highest BCUT2D eigenvalue weighted by atomic mass is 16.5. The number of allylic oxidation sites excluding steroid dienone is 2. The molecule has 6 heteroatoms. The van der Waals surface area contributed by atoms with Gasteiger partial charge in [-0.2, -0.15) is 5.10 Å². The van der Waals surface area contributed by atoms with E-state index in [2.05, 4.69) is 22.6 Å². The first kappa shape index (κ1) is 17.0. The lowest BCUT2D eigenvalue weighted by atomic mass is 9.86. The number of ether oxygens (including phenoxy) is 1. The van der Waals surface area contributed by atoms with Crippen LogP contribution in [0.1, 0.15) is 29.8 Å². The number of carbonyl (C=O) groups is 1. The van der Waals surface area contributed by atoms with E-state index in [0.717, 1.165) is 49.4 Å². The number of amides is 2. The summed E-state index contributed by atoms with van der Waals surface area (Å²) >= 11 is 0. The van der Waals surface area contributed by atoms with Gasteiger partial charge in [-0.3, -0.25) is 4.68 Å². The number of fused-ring (bicyclic) bond motifs is 1. The summed E-state index contributed by atoms with van der Waals surface area (Å²) < 4.78 is 7.07. The molecule has 2 aliphatic rings. The molecular weight excluding hydrogens is 304 g/mol. The van der Waals surface area contributed by atoms with Crippen LogP contribution in [0.2, 0.25) is 0 Å². The summed E-state index contributed by atoms with van der Waals surface area (Å²) in [6, 6.07) is 0.0489. The molecule has 0 radical (unpaired) electrons. The van der Waals surface area contributed by atoms with E-state index in [4.69, 9.17) is 4.74 Å². The summed E-state index contributed by atoms with van der Waals surface area (Å²) in [5.74, 6) is 1.28. The molecule has 1 saturated heterocycles. The van der Waals surface area contributed by atoms with E-state index in [-0.39, 0.29) is 6.03 Å². The zero-order valence-corrected chi connectivity index (χ0v) is 14.9. The number of carbonyl (C=O) groups excluding carboxylic acids is 1. The summed E-state index contributed by atoms with van der Waals surface area (Å²) in [4.78, 5) is 14.5. The number of hydrogen-bond donors (Lipinski definition) is 1. The fourth-order valence-electron chi connectivity index (χ4n) is 3.84. The topological polar surface area (TPSA) is 59.4 Å². The number of aryl methyl sites for hydroxylation is 1. The monoisotopic (exact) mass is 332 g/mol. The van der Waals surface area contributed by atoms with Gasteiger partial charge in [0.25, 0.3) is 0 Å². The van der Waals surface area contributed by atoms with Crippen molar-refractivity contribution >= 4 is 6.03 Å². The maximum Gasteiger partial charge on any atom is 0.317 e. The first-order valence-electron chi connectivity index (χ1n) is 8.79. The Morgan fingerprint density at radius 1 is 1.29 bits per heavy atom. The molecule has 132 valence electrons. The van der Waals surface area contributed by atoms with Crippen LogP contribution >= 0.6 is 0 Å². The Hall–Kier alpha value is -1.82. The molecule has 0 saturated carbocycles. The molecule has 24 heavy (non-hydrogen) atoms. The smallest absolute Gasteiger partial charge is 0.317 e. The van der Waals surface area contributed by atoms with Gasteiger partial charge in [-0.1, -0.05) is 12.2 Å². The molecule has 2 atom stereocenters. The predicted molar refractivity (Wildman–Crippen MR) is 92.7 cm³/mol. The number of methoxy groups -OCH3 is 1. The van der Waals surface area contributed by atoms with E-state index in [1.807, 2.05) is 23.4 Å². The third-order valence-electron chi connectivity index (χ3n) is 5.36. The average molecular weight is 332 g/mol.